The number of amides is 1. The highest BCUT2D eigenvalue weighted by molar-refractivity contribution is 6.01. The topological polar surface area (TPSA) is 91.0 Å². The summed E-state index contributed by atoms with van der Waals surface area (Å²) < 4.78 is 0. The summed E-state index contributed by atoms with van der Waals surface area (Å²) in [4.78, 5) is 13.9. The van der Waals surface area contributed by atoms with Crippen molar-refractivity contribution in [3.05, 3.63) is 0 Å². The summed E-state index contributed by atoms with van der Waals surface area (Å²) in [6.07, 6.45) is 3.38. The average Bonchev–Trinajstić information content (AvgIpc) is 2.34. The molecule has 0 aliphatic rings. The fourth-order valence-electron chi connectivity index (χ4n) is 1.66. The van der Waals surface area contributed by atoms with Crippen LogP contribution < -0.4 is 11.1 Å². The van der Waals surface area contributed by atoms with Gasteiger partial charge in [-0.1, -0.05) is 18.5 Å². The summed E-state index contributed by atoms with van der Waals surface area (Å²) in [5, 5.41) is 14.4. The first-order chi connectivity index (χ1) is 8.52. The van der Waals surface area contributed by atoms with Gasteiger partial charge in [0, 0.05) is 6.54 Å². The van der Waals surface area contributed by atoms with Crippen LogP contribution in [0.15, 0.2) is 5.16 Å². The van der Waals surface area contributed by atoms with Gasteiger partial charge in [0.15, 0.2) is 5.84 Å². The molecule has 0 radical (unpaired) electrons. The third kappa shape index (κ3) is 7.11. The highest BCUT2D eigenvalue weighted by Gasteiger charge is 2.21. The highest BCUT2D eigenvalue weighted by atomic mass is 16.4. The molecule has 0 aromatic rings. The van der Waals surface area contributed by atoms with Gasteiger partial charge in [-0.2, -0.15) is 0 Å². The summed E-state index contributed by atoms with van der Waals surface area (Å²) in [5.41, 5.74) is 5.51. The van der Waals surface area contributed by atoms with Crippen molar-refractivity contribution in [2.45, 2.75) is 32.6 Å². The minimum Gasteiger partial charge on any atom is -0.409 e. The predicted molar refractivity (Wildman–Crippen MR) is 72.6 cm³/mol. The second-order valence-corrected chi connectivity index (χ2v) is 4.67. The van der Waals surface area contributed by atoms with Crippen molar-refractivity contribution in [1.82, 2.24) is 10.2 Å². The lowest BCUT2D eigenvalue weighted by atomic mass is 10.0. The number of oxime groups is 1. The largest absolute Gasteiger partial charge is 0.409 e. The minimum absolute atomic E-state index is 0.0114. The van der Waals surface area contributed by atoms with Gasteiger partial charge in [-0.3, -0.25) is 4.79 Å². The Labute approximate surface area is 109 Å². The van der Waals surface area contributed by atoms with Crippen LogP contribution in [-0.2, 0) is 4.79 Å². The van der Waals surface area contributed by atoms with Crippen molar-refractivity contribution < 1.29 is 10.0 Å². The monoisotopic (exact) mass is 258 g/mol. The molecule has 1 unspecified atom stereocenters. The number of hydrogen-bond donors (Lipinski definition) is 3. The van der Waals surface area contributed by atoms with E-state index >= 15 is 0 Å². The van der Waals surface area contributed by atoms with Gasteiger partial charge in [-0.05, 0) is 39.9 Å². The Morgan fingerprint density at radius 1 is 1.44 bits per heavy atom. The lowest BCUT2D eigenvalue weighted by molar-refractivity contribution is -0.123. The number of rotatable bonds is 9. The van der Waals surface area contributed by atoms with Crippen molar-refractivity contribution in [3.63, 3.8) is 0 Å². The number of carbonyl (C=O) groups is 1. The maximum absolute atomic E-state index is 11.8. The molecule has 6 nitrogen and oxygen atoms in total. The number of nitrogens with zero attached hydrogens (tertiary/aromatic N) is 2. The van der Waals surface area contributed by atoms with Crippen LogP contribution in [0.3, 0.4) is 0 Å². The van der Waals surface area contributed by atoms with Crippen molar-refractivity contribution in [1.29, 1.82) is 0 Å². The first-order valence-electron chi connectivity index (χ1n) is 6.42. The normalized spacial score (nSPS) is 13.7. The summed E-state index contributed by atoms with van der Waals surface area (Å²) in [6.45, 7) is 3.60. The standard InChI is InChI=1S/C12H26N4O2/c1-4-7-10(11(13)15-18)12(17)14-8-5-6-9-16(2)3/h10,18H,4-9H2,1-3H3,(H2,13,15)(H,14,17). The van der Waals surface area contributed by atoms with Gasteiger partial charge in [0.05, 0.1) is 5.92 Å². The molecule has 106 valence electrons. The van der Waals surface area contributed by atoms with Crippen molar-refractivity contribution in [2.75, 3.05) is 27.2 Å². The zero-order valence-corrected chi connectivity index (χ0v) is 11.6. The Morgan fingerprint density at radius 3 is 2.61 bits per heavy atom. The Kier molecular flexibility index (Phi) is 9.00. The maximum Gasteiger partial charge on any atom is 0.230 e. The van der Waals surface area contributed by atoms with Crippen LogP contribution in [-0.4, -0.2) is 49.0 Å². The smallest absolute Gasteiger partial charge is 0.230 e. The van der Waals surface area contributed by atoms with Crippen LogP contribution >= 0.6 is 0 Å². The number of nitrogens with two attached hydrogens (primary N) is 1. The van der Waals surface area contributed by atoms with E-state index in [2.05, 4.69) is 15.4 Å². The number of nitrogens with one attached hydrogen (secondary N) is 1. The zero-order valence-electron chi connectivity index (χ0n) is 11.6. The van der Waals surface area contributed by atoms with E-state index in [0.717, 1.165) is 25.8 Å². The van der Waals surface area contributed by atoms with Gasteiger partial charge in [-0.25, -0.2) is 0 Å². The molecule has 1 atom stereocenters. The van der Waals surface area contributed by atoms with E-state index in [1.54, 1.807) is 0 Å². The lowest BCUT2D eigenvalue weighted by Crippen LogP contribution is -2.39. The molecule has 0 aromatic heterocycles. The molecular weight excluding hydrogens is 232 g/mol. The average molecular weight is 258 g/mol. The minimum atomic E-state index is -0.520. The number of unbranched alkanes of at least 4 members (excludes halogenated alkanes) is 1. The fraction of sp³-hybridized carbons (Fsp3) is 0.833. The van der Waals surface area contributed by atoms with E-state index in [0.29, 0.717) is 13.0 Å². The molecule has 0 saturated heterocycles. The van der Waals surface area contributed by atoms with Crippen LogP contribution in [0.25, 0.3) is 0 Å². The molecule has 0 rings (SSSR count). The van der Waals surface area contributed by atoms with E-state index in [9.17, 15) is 4.79 Å². The third-order valence-corrected chi connectivity index (χ3v) is 2.70. The second kappa shape index (κ2) is 9.70. The van der Waals surface area contributed by atoms with Gasteiger partial charge in [0.25, 0.3) is 0 Å². The van der Waals surface area contributed by atoms with Crippen LogP contribution in [0.1, 0.15) is 32.6 Å². The molecular formula is C12H26N4O2. The molecule has 1 amide bonds. The van der Waals surface area contributed by atoms with Crippen LogP contribution in [0.4, 0.5) is 0 Å². The molecule has 0 spiro atoms. The zero-order chi connectivity index (χ0) is 14.0. The Morgan fingerprint density at radius 2 is 2.11 bits per heavy atom. The summed E-state index contributed by atoms with van der Waals surface area (Å²) in [6, 6.07) is 0. The quantitative estimate of drug-likeness (QED) is 0.186. The van der Waals surface area contributed by atoms with Gasteiger partial charge < -0.3 is 21.2 Å². The molecule has 0 aromatic carbocycles. The Bertz CT molecular complexity index is 267. The van der Waals surface area contributed by atoms with Gasteiger partial charge in [0.1, 0.15) is 0 Å². The van der Waals surface area contributed by atoms with Crippen molar-refractivity contribution >= 4 is 11.7 Å². The van der Waals surface area contributed by atoms with E-state index in [1.807, 2.05) is 21.0 Å². The molecule has 0 bridgehead atoms. The number of hydrogen-bond acceptors (Lipinski definition) is 4. The molecule has 0 saturated carbocycles. The number of amidine groups is 1. The molecule has 0 fully saturated rings. The Hall–Kier alpha value is -1.30. The summed E-state index contributed by atoms with van der Waals surface area (Å²) in [7, 11) is 4.04. The third-order valence-electron chi connectivity index (χ3n) is 2.70. The van der Waals surface area contributed by atoms with Crippen LogP contribution in [0.5, 0.6) is 0 Å². The Balaban J connectivity index is 3.96. The first-order valence-corrected chi connectivity index (χ1v) is 6.42. The van der Waals surface area contributed by atoms with E-state index < -0.39 is 5.92 Å². The summed E-state index contributed by atoms with van der Waals surface area (Å²) >= 11 is 0. The van der Waals surface area contributed by atoms with E-state index in [-0.39, 0.29) is 11.7 Å². The van der Waals surface area contributed by atoms with E-state index in [4.69, 9.17) is 10.9 Å². The van der Waals surface area contributed by atoms with E-state index in [1.165, 1.54) is 0 Å². The van der Waals surface area contributed by atoms with Gasteiger partial charge >= 0.3 is 0 Å². The lowest BCUT2D eigenvalue weighted by Gasteiger charge is -2.15. The second-order valence-electron chi connectivity index (χ2n) is 4.67. The van der Waals surface area contributed by atoms with Crippen LogP contribution in [0, 0.1) is 5.92 Å². The van der Waals surface area contributed by atoms with Crippen molar-refractivity contribution in [3.8, 4) is 0 Å². The molecule has 18 heavy (non-hydrogen) atoms. The maximum atomic E-state index is 11.8. The highest BCUT2D eigenvalue weighted by Crippen LogP contribution is 2.06. The molecule has 0 aliphatic carbocycles. The molecule has 0 heterocycles. The molecule has 4 N–H and O–H groups in total. The fourth-order valence-corrected chi connectivity index (χ4v) is 1.66. The summed E-state index contributed by atoms with van der Waals surface area (Å²) in [5.74, 6) is -0.687. The van der Waals surface area contributed by atoms with Crippen molar-refractivity contribution in [2.24, 2.45) is 16.8 Å². The van der Waals surface area contributed by atoms with Gasteiger partial charge in [-0.15, -0.1) is 0 Å². The molecule has 6 heteroatoms. The van der Waals surface area contributed by atoms with Crippen LogP contribution in [0.2, 0.25) is 0 Å². The number of carbonyl (C=O) groups excluding carboxylic acids is 1. The SMILES string of the molecule is CCCC(C(=O)NCCCCN(C)C)C(N)=NO. The first kappa shape index (κ1) is 16.7. The predicted octanol–water partition coefficient (Wildman–Crippen LogP) is 0.607. The van der Waals surface area contributed by atoms with Gasteiger partial charge in [0.2, 0.25) is 5.91 Å². The molecule has 0 aliphatic heterocycles.